The molecule has 0 bridgehead atoms. The molecule has 2 N–H and O–H groups in total. The van der Waals surface area contributed by atoms with Crippen LogP contribution < -0.4 is 10.2 Å². The fraction of sp³-hybridized carbons (Fsp3) is 0.571. The molecule has 0 unspecified atom stereocenters. The fourth-order valence-electron chi connectivity index (χ4n) is 3.24. The van der Waals surface area contributed by atoms with E-state index in [9.17, 15) is 5.11 Å². The summed E-state index contributed by atoms with van der Waals surface area (Å²) in [7, 11) is 1.93. The second kappa shape index (κ2) is 4.22. The van der Waals surface area contributed by atoms with Crippen LogP contribution in [0.25, 0.3) is 0 Å². The molecular weight excluding hydrogens is 212 g/mol. The summed E-state index contributed by atoms with van der Waals surface area (Å²) < 4.78 is 0. The van der Waals surface area contributed by atoms with E-state index in [2.05, 4.69) is 16.3 Å². The van der Waals surface area contributed by atoms with E-state index in [0.717, 1.165) is 38.0 Å². The Kier molecular flexibility index (Phi) is 2.71. The Bertz CT molecular complexity index is 440. The van der Waals surface area contributed by atoms with Gasteiger partial charge in [-0.15, -0.1) is 0 Å². The number of phenolic OH excluding ortho intramolecular Hbond substituents is 1. The molecule has 0 fully saturated rings. The van der Waals surface area contributed by atoms with Gasteiger partial charge in [0, 0.05) is 36.4 Å². The van der Waals surface area contributed by atoms with Gasteiger partial charge in [-0.2, -0.15) is 0 Å². The molecule has 0 saturated carbocycles. The van der Waals surface area contributed by atoms with E-state index < -0.39 is 0 Å². The summed E-state index contributed by atoms with van der Waals surface area (Å²) in [5.74, 6) is 0.532. The summed E-state index contributed by atoms with van der Waals surface area (Å²) in [4.78, 5) is 2.46. The normalized spacial score (nSPS) is 18.1. The van der Waals surface area contributed by atoms with Crippen LogP contribution >= 0.6 is 0 Å². The predicted molar refractivity (Wildman–Crippen MR) is 69.7 cm³/mol. The van der Waals surface area contributed by atoms with Crippen LogP contribution in [-0.2, 0) is 19.4 Å². The van der Waals surface area contributed by atoms with Crippen LogP contribution in [0.15, 0.2) is 6.07 Å². The Morgan fingerprint density at radius 1 is 1.29 bits per heavy atom. The molecule has 2 aliphatic rings. The van der Waals surface area contributed by atoms with Gasteiger partial charge < -0.3 is 15.3 Å². The first kappa shape index (κ1) is 10.9. The lowest BCUT2D eigenvalue weighted by atomic mass is 9.89. The Labute approximate surface area is 102 Å². The highest BCUT2D eigenvalue weighted by Gasteiger charge is 2.27. The van der Waals surface area contributed by atoms with Crippen molar-refractivity contribution in [1.29, 1.82) is 0 Å². The number of phenols is 1. The Morgan fingerprint density at radius 3 is 2.82 bits per heavy atom. The van der Waals surface area contributed by atoms with Crippen molar-refractivity contribution in [2.75, 3.05) is 25.0 Å². The Morgan fingerprint density at radius 2 is 2.06 bits per heavy atom. The van der Waals surface area contributed by atoms with Crippen LogP contribution in [0.1, 0.15) is 29.5 Å². The zero-order valence-electron chi connectivity index (χ0n) is 10.4. The van der Waals surface area contributed by atoms with Crippen molar-refractivity contribution >= 4 is 5.69 Å². The molecule has 92 valence electrons. The van der Waals surface area contributed by atoms with Crippen molar-refractivity contribution in [3.8, 4) is 5.75 Å². The third-order valence-corrected chi connectivity index (χ3v) is 3.94. The minimum atomic E-state index is 0.532. The van der Waals surface area contributed by atoms with Crippen molar-refractivity contribution in [1.82, 2.24) is 5.32 Å². The number of nitrogens with one attached hydrogen (secondary N) is 1. The second-order valence-electron chi connectivity index (χ2n) is 5.10. The van der Waals surface area contributed by atoms with Gasteiger partial charge in [-0.25, -0.2) is 0 Å². The minimum Gasteiger partial charge on any atom is -0.507 e. The van der Waals surface area contributed by atoms with Crippen molar-refractivity contribution in [2.45, 2.75) is 32.2 Å². The van der Waals surface area contributed by atoms with E-state index in [-0.39, 0.29) is 0 Å². The maximum absolute atomic E-state index is 10.4. The zero-order valence-corrected chi connectivity index (χ0v) is 10.4. The fourth-order valence-corrected chi connectivity index (χ4v) is 3.24. The van der Waals surface area contributed by atoms with E-state index >= 15 is 0 Å². The summed E-state index contributed by atoms with van der Waals surface area (Å²) in [5, 5.41) is 13.5. The highest BCUT2D eigenvalue weighted by Crippen LogP contribution is 2.41. The molecule has 3 nitrogen and oxygen atoms in total. The molecule has 1 aromatic carbocycles. The van der Waals surface area contributed by atoms with Gasteiger partial charge in [0.2, 0.25) is 0 Å². The molecule has 2 heterocycles. The van der Waals surface area contributed by atoms with Gasteiger partial charge in [-0.3, -0.25) is 0 Å². The molecule has 0 spiro atoms. The maximum Gasteiger partial charge on any atom is 0.125 e. The smallest absolute Gasteiger partial charge is 0.125 e. The lowest BCUT2D eigenvalue weighted by Crippen LogP contribution is -2.34. The molecule has 1 aromatic rings. The quantitative estimate of drug-likeness (QED) is 0.816. The highest BCUT2D eigenvalue weighted by atomic mass is 16.3. The highest BCUT2D eigenvalue weighted by molar-refractivity contribution is 5.68. The summed E-state index contributed by atoms with van der Waals surface area (Å²) in [6.45, 7) is 3.07. The predicted octanol–water partition coefficient (Wildman–Crippen LogP) is 1.81. The van der Waals surface area contributed by atoms with E-state index in [1.165, 1.54) is 29.7 Å². The molecule has 0 aliphatic carbocycles. The number of hydrogen-bond acceptors (Lipinski definition) is 3. The third-order valence-electron chi connectivity index (χ3n) is 3.94. The van der Waals surface area contributed by atoms with Crippen molar-refractivity contribution in [3.05, 3.63) is 22.8 Å². The first-order valence-electron chi connectivity index (χ1n) is 6.57. The molecule has 0 aromatic heterocycles. The first-order chi connectivity index (χ1) is 8.31. The van der Waals surface area contributed by atoms with Crippen LogP contribution in [-0.4, -0.2) is 25.2 Å². The lowest BCUT2D eigenvalue weighted by Gasteiger charge is -2.37. The molecule has 0 radical (unpaired) electrons. The number of aryl methyl sites for hydroxylation is 1. The van der Waals surface area contributed by atoms with Crippen molar-refractivity contribution < 1.29 is 5.11 Å². The lowest BCUT2D eigenvalue weighted by molar-refractivity contribution is 0.453. The molecule has 3 rings (SSSR count). The number of rotatable bonds is 2. The van der Waals surface area contributed by atoms with Gasteiger partial charge in [0.15, 0.2) is 0 Å². The molecule has 0 atom stereocenters. The van der Waals surface area contributed by atoms with Crippen molar-refractivity contribution in [3.63, 3.8) is 0 Å². The largest absolute Gasteiger partial charge is 0.507 e. The standard InChI is InChI=1S/C14H20N2O/c1-15-9-11-8-10-4-2-6-16-7-3-5-12(13(10)16)14(11)17/h8,15,17H,2-7,9H2,1H3. The second-order valence-corrected chi connectivity index (χ2v) is 5.10. The van der Waals surface area contributed by atoms with E-state index in [1.807, 2.05) is 7.05 Å². The summed E-state index contributed by atoms with van der Waals surface area (Å²) in [5.41, 5.74) is 5.04. The Hall–Kier alpha value is -1.22. The first-order valence-corrected chi connectivity index (χ1v) is 6.57. The van der Waals surface area contributed by atoms with E-state index in [0.29, 0.717) is 5.75 Å². The monoisotopic (exact) mass is 232 g/mol. The van der Waals surface area contributed by atoms with Crippen LogP contribution in [0.4, 0.5) is 5.69 Å². The molecule has 17 heavy (non-hydrogen) atoms. The Balaban J connectivity index is 2.14. The molecule has 2 aliphatic heterocycles. The number of anilines is 1. The van der Waals surface area contributed by atoms with Gasteiger partial charge in [-0.1, -0.05) is 0 Å². The van der Waals surface area contributed by atoms with Crippen LogP contribution in [0.5, 0.6) is 5.75 Å². The third kappa shape index (κ3) is 1.69. The minimum absolute atomic E-state index is 0.532. The summed E-state index contributed by atoms with van der Waals surface area (Å²) in [6.07, 6.45) is 4.61. The van der Waals surface area contributed by atoms with Crippen LogP contribution in [0, 0.1) is 0 Å². The summed E-state index contributed by atoms with van der Waals surface area (Å²) in [6, 6.07) is 2.20. The number of benzene rings is 1. The van der Waals surface area contributed by atoms with Gasteiger partial charge in [0.25, 0.3) is 0 Å². The zero-order chi connectivity index (χ0) is 11.8. The van der Waals surface area contributed by atoms with Crippen LogP contribution in [0.3, 0.4) is 0 Å². The van der Waals surface area contributed by atoms with Gasteiger partial charge in [0.05, 0.1) is 0 Å². The van der Waals surface area contributed by atoms with Gasteiger partial charge >= 0.3 is 0 Å². The molecule has 0 amide bonds. The van der Waals surface area contributed by atoms with Crippen molar-refractivity contribution in [2.24, 2.45) is 0 Å². The molecule has 0 saturated heterocycles. The van der Waals surface area contributed by atoms with Gasteiger partial charge in [-0.05, 0) is 44.4 Å². The number of aromatic hydroxyl groups is 1. The molecular formula is C14H20N2O. The van der Waals surface area contributed by atoms with E-state index in [1.54, 1.807) is 0 Å². The maximum atomic E-state index is 10.4. The van der Waals surface area contributed by atoms with Crippen LogP contribution in [0.2, 0.25) is 0 Å². The average Bonchev–Trinajstić information content (AvgIpc) is 2.36. The number of hydrogen-bond donors (Lipinski definition) is 2. The van der Waals surface area contributed by atoms with E-state index in [4.69, 9.17) is 0 Å². The topological polar surface area (TPSA) is 35.5 Å². The average molecular weight is 232 g/mol. The summed E-state index contributed by atoms with van der Waals surface area (Å²) >= 11 is 0. The molecule has 3 heteroatoms. The van der Waals surface area contributed by atoms with Gasteiger partial charge in [0.1, 0.15) is 5.75 Å². The number of nitrogens with zero attached hydrogens (tertiary/aromatic N) is 1. The SMILES string of the molecule is CNCc1cc2c3c(c1O)CCCN3CCC2.